The SMILES string of the molecule is Cc1ccc(-c2c3ccccc3c(-c3cc4ccc5ccccc5c4c4ccccc34)c3ccccc23)s1.c1ccc2c(c1)-c1ccccc1C21c2ccccc2-c2ccc(-c3c4ccccc4c(-c4cc5ccc6ccccc6c5c5ccccc45)c4ccccc34)cc21.c1ccc2c(c1)ccc1cc(-c3c4ccccc4c(-c4cc5ccc6ccccc6c5c5ccccc45)c4ccccc34)c3ccccc3c12. The van der Waals surface area contributed by atoms with Gasteiger partial charge in [-0.25, -0.2) is 0 Å². The van der Waals surface area contributed by atoms with Crippen LogP contribution in [-0.4, -0.2) is 0 Å². The first kappa shape index (κ1) is 82.6. The van der Waals surface area contributed by atoms with Crippen molar-refractivity contribution in [1.29, 1.82) is 0 Å². The normalized spacial score (nSPS) is 12.5. The van der Waals surface area contributed by atoms with Crippen LogP contribution in [0.1, 0.15) is 27.1 Å². The fraction of sp³-hybridized carbons (Fsp3) is 0.0139. The quantitative estimate of drug-likeness (QED) is 0.115. The van der Waals surface area contributed by atoms with Crippen molar-refractivity contribution < 1.29 is 0 Å². The summed E-state index contributed by atoms with van der Waals surface area (Å²) in [4.78, 5) is 2.67. The Labute approximate surface area is 842 Å². The standard InChI is InChI=1S/C57H34.C50H30.C37H24S/c1-2-16-38-35(15-1)29-30-36-33-49(39-17-3-4-21-44(39)54(36)38)56-47-24-7-5-22-45(47)55(46-23-6-8-25-48(46)56)37-31-32-43-42-20-11-14-28-52(42)57(53(43)34-37)50-26-12-9-18-40(50)41-19-10-13-27-51(41)57;1-3-15-35-31(13-1)25-27-33-29-45(37-17-5-7-19-39(37)47(33)35)49-41-21-9-11-23-43(41)50(44-24-12-10-22-42(44)49)46-30-34-28-26-32-14-2-4-16-36(32)48(34)40-20-8-6-18-38(40)46;1-23-18-21-34(38-23)37-31-16-8-6-14-29(31)36(30-15-7-9-17-32(30)37)33-22-25-20-19-24-10-2-3-11-26(24)35(25)28-13-5-4-12-27(28)33/h1-34H;1-30H;2-22H,1H3. The third-order valence-corrected chi connectivity index (χ3v) is 33.2. The molecule has 0 N–H and O–H groups in total. The van der Waals surface area contributed by atoms with Gasteiger partial charge in [0, 0.05) is 15.3 Å². The summed E-state index contributed by atoms with van der Waals surface area (Å²) in [6, 6.07) is 192. The van der Waals surface area contributed by atoms with Gasteiger partial charge in [0.25, 0.3) is 0 Å². The molecule has 0 saturated carbocycles. The van der Waals surface area contributed by atoms with Gasteiger partial charge in [0.05, 0.1) is 5.41 Å². The maximum absolute atomic E-state index is 2.54. The van der Waals surface area contributed by atoms with Gasteiger partial charge in [0.15, 0.2) is 0 Å². The summed E-state index contributed by atoms with van der Waals surface area (Å²) in [6.45, 7) is 2.19. The van der Waals surface area contributed by atoms with Crippen LogP contribution < -0.4 is 0 Å². The predicted molar refractivity (Wildman–Crippen MR) is 626 cm³/mol. The zero-order chi connectivity index (χ0) is 95.2. The largest absolute Gasteiger partial charge is 0.141 e. The van der Waals surface area contributed by atoms with E-state index in [1.165, 1.54) is 309 Å². The van der Waals surface area contributed by atoms with Crippen molar-refractivity contribution in [2.75, 3.05) is 0 Å². The van der Waals surface area contributed by atoms with Crippen LogP contribution in [0.2, 0.25) is 0 Å². The molecular formula is C144H88S. The number of hydrogen-bond acceptors (Lipinski definition) is 1. The van der Waals surface area contributed by atoms with Crippen LogP contribution in [0.3, 0.4) is 0 Å². The molecule has 1 spiro atoms. The minimum atomic E-state index is -0.394. The summed E-state index contributed by atoms with van der Waals surface area (Å²) in [7, 11) is 0. The van der Waals surface area contributed by atoms with E-state index in [1.807, 2.05) is 11.3 Å². The lowest BCUT2D eigenvalue weighted by Gasteiger charge is -2.31. The maximum Gasteiger partial charge on any atom is 0.0725 e. The predicted octanol–water partition coefficient (Wildman–Crippen LogP) is 40.5. The Hall–Kier alpha value is -18.2. The number of thiophene rings is 1. The van der Waals surface area contributed by atoms with E-state index < -0.39 is 5.41 Å². The van der Waals surface area contributed by atoms with E-state index in [-0.39, 0.29) is 0 Å². The van der Waals surface area contributed by atoms with Gasteiger partial charge in [-0.1, -0.05) is 473 Å². The number of rotatable bonds is 6. The van der Waals surface area contributed by atoms with Crippen LogP contribution in [0, 0.1) is 6.92 Å². The van der Waals surface area contributed by atoms with Crippen LogP contribution >= 0.6 is 11.3 Å². The van der Waals surface area contributed by atoms with Gasteiger partial charge in [-0.2, -0.15) is 0 Å². The smallest absolute Gasteiger partial charge is 0.0725 e. The molecular weight excluding hydrogens is 1760 g/mol. The third kappa shape index (κ3) is 12.4. The molecule has 0 saturated heterocycles. The Bertz CT molecular complexity index is 10400. The molecule has 0 atom stereocenters. The zero-order valence-corrected chi connectivity index (χ0v) is 80.3. The highest BCUT2D eigenvalue weighted by Crippen LogP contribution is 2.64. The average molecular weight is 1850 g/mol. The van der Waals surface area contributed by atoms with Gasteiger partial charge >= 0.3 is 0 Å². The average Bonchev–Trinajstić information content (AvgIpc) is 1.53. The van der Waals surface area contributed by atoms with E-state index in [9.17, 15) is 0 Å². The molecule has 30 aromatic rings. The lowest BCUT2D eigenvalue weighted by Crippen LogP contribution is -2.25. The van der Waals surface area contributed by atoms with Crippen LogP contribution in [-0.2, 0) is 5.41 Å². The number of aryl methyl sites for hydroxylation is 1. The maximum atomic E-state index is 2.54. The van der Waals surface area contributed by atoms with Crippen LogP contribution in [0.4, 0.5) is 0 Å². The van der Waals surface area contributed by atoms with Gasteiger partial charge in [-0.05, 0) is 343 Å². The number of benzene rings is 29. The van der Waals surface area contributed by atoms with Crippen molar-refractivity contribution in [2.45, 2.75) is 12.3 Å². The number of fused-ring (bicyclic) bond motifs is 36. The third-order valence-electron chi connectivity index (χ3n) is 32.1. The molecule has 0 aliphatic heterocycles. The van der Waals surface area contributed by atoms with Crippen molar-refractivity contribution in [1.82, 2.24) is 0 Å². The van der Waals surface area contributed by atoms with Crippen molar-refractivity contribution in [3.63, 3.8) is 0 Å². The Kier molecular flexibility index (Phi) is 18.6. The summed E-state index contributed by atoms with van der Waals surface area (Å²) in [5.74, 6) is 0. The fourth-order valence-corrected chi connectivity index (χ4v) is 27.2. The molecule has 32 rings (SSSR count). The molecule has 0 bridgehead atoms. The van der Waals surface area contributed by atoms with Crippen molar-refractivity contribution >= 4 is 205 Å². The van der Waals surface area contributed by atoms with Gasteiger partial charge in [-0.15, -0.1) is 11.3 Å². The Morgan fingerprint density at radius 3 is 0.621 bits per heavy atom. The van der Waals surface area contributed by atoms with E-state index in [0.717, 1.165) is 0 Å². The fourth-order valence-electron chi connectivity index (χ4n) is 26.3. The topological polar surface area (TPSA) is 0 Å². The summed E-state index contributed by atoms with van der Waals surface area (Å²) >= 11 is 1.88. The summed E-state index contributed by atoms with van der Waals surface area (Å²) < 4.78 is 0. The Balaban J connectivity index is 0.000000103. The molecule has 1 heterocycles. The highest BCUT2D eigenvalue weighted by Gasteiger charge is 2.52. The van der Waals surface area contributed by atoms with Crippen LogP contribution in [0.15, 0.2) is 516 Å². The lowest BCUT2D eigenvalue weighted by molar-refractivity contribution is 0.794. The molecule has 0 nitrogen and oxygen atoms in total. The van der Waals surface area contributed by atoms with E-state index in [4.69, 9.17) is 0 Å². The molecule has 0 unspecified atom stereocenters. The van der Waals surface area contributed by atoms with E-state index >= 15 is 0 Å². The van der Waals surface area contributed by atoms with Gasteiger partial charge in [0.2, 0.25) is 0 Å². The molecule has 670 valence electrons. The second-order valence-corrected chi connectivity index (χ2v) is 40.8. The Morgan fingerprint density at radius 1 is 0.138 bits per heavy atom. The first-order chi connectivity index (χ1) is 71.9. The molecule has 145 heavy (non-hydrogen) atoms. The summed E-state index contributed by atoms with van der Waals surface area (Å²) in [6.07, 6.45) is 0. The van der Waals surface area contributed by atoms with E-state index in [1.54, 1.807) is 0 Å². The molecule has 0 amide bonds. The Morgan fingerprint density at radius 2 is 0.352 bits per heavy atom. The van der Waals surface area contributed by atoms with E-state index in [2.05, 4.69) is 523 Å². The highest BCUT2D eigenvalue weighted by atomic mass is 32.1. The molecule has 29 aromatic carbocycles. The zero-order valence-electron chi connectivity index (χ0n) is 79.5. The molecule has 2 aliphatic rings. The molecule has 0 fully saturated rings. The molecule has 2 aliphatic carbocycles. The molecule has 1 aromatic heterocycles. The van der Waals surface area contributed by atoms with Crippen LogP contribution in [0.25, 0.3) is 282 Å². The van der Waals surface area contributed by atoms with Gasteiger partial charge in [-0.3, -0.25) is 0 Å². The van der Waals surface area contributed by atoms with Gasteiger partial charge < -0.3 is 0 Å². The van der Waals surface area contributed by atoms with E-state index in [0.29, 0.717) is 0 Å². The second kappa shape index (κ2) is 32.7. The summed E-state index contributed by atoms with van der Waals surface area (Å²) in [5, 5.41) is 46.4. The molecule has 1 heteroatoms. The lowest BCUT2D eigenvalue weighted by atomic mass is 9.70. The number of hydrogen-bond donors (Lipinski definition) is 0. The van der Waals surface area contributed by atoms with Crippen molar-refractivity contribution in [2.24, 2.45) is 0 Å². The first-order valence-electron chi connectivity index (χ1n) is 50.6. The first-order valence-corrected chi connectivity index (χ1v) is 51.4. The highest BCUT2D eigenvalue weighted by molar-refractivity contribution is 7.15. The minimum absolute atomic E-state index is 0.394. The van der Waals surface area contributed by atoms with Crippen molar-refractivity contribution in [3.8, 4) is 88.3 Å². The minimum Gasteiger partial charge on any atom is -0.141 e. The summed E-state index contributed by atoms with van der Waals surface area (Å²) in [5.41, 5.74) is 24.6. The molecule has 0 radical (unpaired) electrons. The van der Waals surface area contributed by atoms with Crippen molar-refractivity contribution in [3.05, 3.63) is 543 Å². The van der Waals surface area contributed by atoms with Gasteiger partial charge in [0.1, 0.15) is 0 Å². The second-order valence-electron chi connectivity index (χ2n) is 39.5. The van der Waals surface area contributed by atoms with Crippen LogP contribution in [0.5, 0.6) is 0 Å². The monoisotopic (exact) mass is 1850 g/mol.